The van der Waals surface area contributed by atoms with Crippen molar-refractivity contribution in [2.45, 2.75) is 75.8 Å². The fourth-order valence-corrected chi connectivity index (χ4v) is 6.75. The topological polar surface area (TPSA) is 169 Å². The van der Waals surface area contributed by atoms with Gasteiger partial charge in [-0.25, -0.2) is 9.59 Å². The molecule has 2 aromatic heterocycles. The Morgan fingerprint density at radius 2 is 1.00 bits per heavy atom. The molecule has 0 radical (unpaired) electrons. The van der Waals surface area contributed by atoms with Crippen LogP contribution in [-0.2, 0) is 14.2 Å². The molecule has 6 atom stereocenters. The molecule has 4 aliphatic carbocycles. The fourth-order valence-electron chi connectivity index (χ4n) is 6.75. The predicted molar refractivity (Wildman–Crippen MR) is 143 cm³/mol. The van der Waals surface area contributed by atoms with Gasteiger partial charge in [0, 0.05) is 23.7 Å². The van der Waals surface area contributed by atoms with Crippen molar-refractivity contribution in [2.75, 3.05) is 28.4 Å². The number of carbonyl (C=O) groups excluding carboxylic acids is 2. The third-order valence-corrected chi connectivity index (χ3v) is 9.40. The minimum atomic E-state index is -1.18. The van der Waals surface area contributed by atoms with Crippen molar-refractivity contribution >= 4 is 12.3 Å². The molecule has 4 aliphatic rings. The van der Waals surface area contributed by atoms with Gasteiger partial charge in [-0.2, -0.15) is 19.9 Å². The van der Waals surface area contributed by atoms with Crippen molar-refractivity contribution in [1.29, 1.82) is 0 Å². The summed E-state index contributed by atoms with van der Waals surface area (Å²) in [7, 11) is 5.86. The standard InChI is InChI=1S/C28H34N4O11/c1-25-9-7-15(39-21-29-17(35-3)11-18(30-21)36-4)27(25,13-25)42-23(33)41-24(34)43-28-14-26(28,2)10-8-16(28)40-22-31-19(37-5)12-20(32-22)38-6/h11-12,15-16H,7-10,13-14H2,1-6H3. The summed E-state index contributed by atoms with van der Waals surface area (Å²) in [5.74, 6) is 1.03. The Morgan fingerprint density at radius 3 is 1.30 bits per heavy atom. The molecule has 0 N–H and O–H groups in total. The van der Waals surface area contributed by atoms with Crippen LogP contribution in [0.15, 0.2) is 12.1 Å². The van der Waals surface area contributed by atoms with Gasteiger partial charge >= 0.3 is 24.3 Å². The van der Waals surface area contributed by atoms with Gasteiger partial charge in [0.15, 0.2) is 11.2 Å². The first-order valence-electron chi connectivity index (χ1n) is 13.9. The SMILES string of the molecule is COc1cc(OC)nc(OC2CCC3(C)CC23OC(=O)OC(=O)OC23CC2(C)CCC3Oc2nc(OC)cc(OC)n2)n1. The Labute approximate surface area is 247 Å². The zero-order valence-electron chi connectivity index (χ0n) is 24.8. The van der Waals surface area contributed by atoms with Gasteiger partial charge in [-0.3, -0.25) is 0 Å². The molecule has 6 rings (SSSR count). The second-order valence-corrected chi connectivity index (χ2v) is 11.8. The van der Waals surface area contributed by atoms with Gasteiger partial charge in [0.25, 0.3) is 0 Å². The number of hydrogen-bond donors (Lipinski definition) is 0. The minimum absolute atomic E-state index is 0.0186. The largest absolute Gasteiger partial charge is 0.519 e. The van der Waals surface area contributed by atoms with Crippen LogP contribution in [0.5, 0.6) is 35.5 Å². The summed E-state index contributed by atoms with van der Waals surface area (Å²) in [4.78, 5) is 42.7. The van der Waals surface area contributed by atoms with Crippen molar-refractivity contribution in [3.63, 3.8) is 0 Å². The van der Waals surface area contributed by atoms with E-state index in [1.54, 1.807) is 0 Å². The third-order valence-electron chi connectivity index (χ3n) is 9.40. The van der Waals surface area contributed by atoms with Gasteiger partial charge in [0.2, 0.25) is 23.5 Å². The van der Waals surface area contributed by atoms with Crippen molar-refractivity contribution < 1.29 is 52.2 Å². The van der Waals surface area contributed by atoms with Gasteiger partial charge in [-0.1, -0.05) is 13.8 Å². The quantitative estimate of drug-likeness (QED) is 0.285. The maximum Gasteiger partial charge on any atom is 0.519 e. The fraction of sp³-hybridized carbons (Fsp3) is 0.643. The molecule has 0 aromatic carbocycles. The lowest BCUT2D eigenvalue weighted by Gasteiger charge is -2.25. The summed E-state index contributed by atoms with van der Waals surface area (Å²) in [6.07, 6.45) is 0.166. The number of rotatable bonds is 10. The summed E-state index contributed by atoms with van der Waals surface area (Å²) >= 11 is 0. The van der Waals surface area contributed by atoms with E-state index in [2.05, 4.69) is 19.9 Å². The first-order chi connectivity index (χ1) is 20.5. The van der Waals surface area contributed by atoms with Gasteiger partial charge in [0.1, 0.15) is 12.2 Å². The minimum Gasteiger partial charge on any atom is -0.481 e. The van der Waals surface area contributed by atoms with Crippen LogP contribution in [0, 0.1) is 10.8 Å². The van der Waals surface area contributed by atoms with Crippen molar-refractivity contribution in [1.82, 2.24) is 19.9 Å². The van der Waals surface area contributed by atoms with Crippen LogP contribution < -0.4 is 28.4 Å². The molecule has 4 saturated carbocycles. The molecule has 0 saturated heterocycles. The maximum absolute atomic E-state index is 12.9. The van der Waals surface area contributed by atoms with E-state index >= 15 is 0 Å². The number of methoxy groups -OCH3 is 4. The van der Waals surface area contributed by atoms with E-state index < -0.39 is 35.7 Å². The van der Waals surface area contributed by atoms with Crippen LogP contribution in [0.3, 0.4) is 0 Å². The molecule has 15 nitrogen and oxygen atoms in total. The first-order valence-corrected chi connectivity index (χ1v) is 13.9. The monoisotopic (exact) mass is 602 g/mol. The molecule has 4 fully saturated rings. The van der Waals surface area contributed by atoms with Crippen LogP contribution >= 0.6 is 0 Å². The number of ether oxygens (including phenoxy) is 9. The zero-order chi connectivity index (χ0) is 30.6. The number of aromatic nitrogens is 4. The molecule has 43 heavy (non-hydrogen) atoms. The number of hydrogen-bond acceptors (Lipinski definition) is 15. The molecular formula is C28H34N4O11. The molecule has 2 aromatic rings. The van der Waals surface area contributed by atoms with E-state index in [9.17, 15) is 9.59 Å². The average Bonchev–Trinajstić information content (AvgIpc) is 3.71. The van der Waals surface area contributed by atoms with Crippen molar-refractivity contribution in [2.24, 2.45) is 10.8 Å². The van der Waals surface area contributed by atoms with E-state index in [0.29, 0.717) is 25.7 Å². The molecule has 232 valence electrons. The van der Waals surface area contributed by atoms with E-state index in [-0.39, 0.29) is 46.4 Å². The van der Waals surface area contributed by atoms with E-state index in [1.807, 2.05) is 13.8 Å². The molecule has 2 heterocycles. The first kappa shape index (κ1) is 28.8. The smallest absolute Gasteiger partial charge is 0.481 e. The van der Waals surface area contributed by atoms with Crippen molar-refractivity contribution in [3.05, 3.63) is 12.1 Å². The second-order valence-electron chi connectivity index (χ2n) is 11.8. The highest BCUT2D eigenvalue weighted by Crippen LogP contribution is 2.70. The summed E-state index contributed by atoms with van der Waals surface area (Å²) in [6.45, 7) is 3.97. The van der Waals surface area contributed by atoms with Crippen LogP contribution in [-0.4, -0.2) is 84.1 Å². The molecular weight excluding hydrogens is 568 g/mol. The second kappa shape index (κ2) is 10.2. The molecule has 0 bridgehead atoms. The molecule has 0 aliphatic heterocycles. The number of nitrogens with zero attached hydrogens (tertiary/aromatic N) is 4. The average molecular weight is 603 g/mol. The lowest BCUT2D eigenvalue weighted by atomic mass is 10.1. The zero-order valence-corrected chi connectivity index (χ0v) is 24.8. The van der Waals surface area contributed by atoms with Gasteiger partial charge < -0.3 is 42.6 Å². The van der Waals surface area contributed by atoms with Crippen molar-refractivity contribution in [3.8, 4) is 35.5 Å². The molecule has 15 heteroatoms. The predicted octanol–water partition coefficient (Wildman–Crippen LogP) is 3.67. The summed E-state index contributed by atoms with van der Waals surface area (Å²) in [5.41, 5.74) is -2.73. The lowest BCUT2D eigenvalue weighted by Crippen LogP contribution is -2.40. The highest BCUT2D eigenvalue weighted by Gasteiger charge is 2.78. The van der Waals surface area contributed by atoms with E-state index in [4.69, 9.17) is 42.6 Å². The van der Waals surface area contributed by atoms with Crippen LogP contribution in [0.4, 0.5) is 9.59 Å². The maximum atomic E-state index is 12.9. The highest BCUT2D eigenvalue weighted by molar-refractivity contribution is 5.78. The molecule has 6 unspecified atom stereocenters. The Hall–Kier alpha value is -4.30. The highest BCUT2D eigenvalue weighted by atomic mass is 16.8. The van der Waals surface area contributed by atoms with Crippen LogP contribution in [0.25, 0.3) is 0 Å². The Kier molecular flexibility index (Phi) is 6.80. The summed E-state index contributed by atoms with van der Waals surface area (Å²) < 4.78 is 49.4. The van der Waals surface area contributed by atoms with E-state index in [0.717, 1.165) is 12.8 Å². The third kappa shape index (κ3) is 4.83. The molecule has 0 amide bonds. The Morgan fingerprint density at radius 1 is 0.651 bits per heavy atom. The van der Waals surface area contributed by atoms with Gasteiger partial charge in [-0.05, 0) is 25.7 Å². The normalized spacial score (nSPS) is 32.9. The Balaban J connectivity index is 1.10. The number of fused-ring (bicyclic) bond motifs is 2. The van der Waals surface area contributed by atoms with Gasteiger partial charge in [0.05, 0.1) is 40.6 Å². The Bertz CT molecular complexity index is 1290. The lowest BCUT2D eigenvalue weighted by molar-refractivity contribution is -0.0609. The molecule has 0 spiro atoms. The summed E-state index contributed by atoms with van der Waals surface area (Å²) in [6, 6.07) is 3.07. The van der Waals surface area contributed by atoms with Crippen LogP contribution in [0.2, 0.25) is 0 Å². The van der Waals surface area contributed by atoms with E-state index in [1.165, 1.54) is 40.6 Å². The van der Waals surface area contributed by atoms with Crippen LogP contribution in [0.1, 0.15) is 52.4 Å². The van der Waals surface area contributed by atoms with Gasteiger partial charge in [-0.15, -0.1) is 0 Å². The number of carbonyl (C=O) groups is 2. The summed E-state index contributed by atoms with van der Waals surface area (Å²) in [5, 5.41) is 0.